The van der Waals surface area contributed by atoms with Gasteiger partial charge in [-0.2, -0.15) is 0 Å². The smallest absolute Gasteiger partial charge is 0.256 e. The van der Waals surface area contributed by atoms with E-state index in [0.717, 1.165) is 11.3 Å². The maximum absolute atomic E-state index is 15.0. The van der Waals surface area contributed by atoms with Gasteiger partial charge in [0.15, 0.2) is 0 Å². The van der Waals surface area contributed by atoms with Crippen molar-refractivity contribution in [2.45, 2.75) is 5.60 Å². The van der Waals surface area contributed by atoms with Crippen molar-refractivity contribution in [1.29, 1.82) is 0 Å². The zero-order chi connectivity index (χ0) is 21.1. The molecule has 0 N–H and O–H groups in total. The Kier molecular flexibility index (Phi) is 5.53. The number of hydrogen-bond acceptors (Lipinski definition) is 2. The average Bonchev–Trinajstić information content (AvgIpc) is 3.12. The second-order valence-electron chi connectivity index (χ2n) is 7.19. The Morgan fingerprint density at radius 3 is 2.10 bits per heavy atom. The van der Waals surface area contributed by atoms with E-state index in [1.807, 2.05) is 108 Å². The van der Waals surface area contributed by atoms with E-state index in [4.69, 9.17) is 16.6 Å². The van der Waals surface area contributed by atoms with Crippen LogP contribution in [0.2, 0.25) is 5.02 Å². The number of rotatable bonds is 5. The van der Waals surface area contributed by atoms with E-state index >= 15 is 0 Å². The summed E-state index contributed by atoms with van der Waals surface area (Å²) in [6.45, 7) is 0. The van der Waals surface area contributed by atoms with Crippen molar-refractivity contribution in [3.8, 4) is 0 Å². The number of halogens is 1. The maximum atomic E-state index is 15.0. The third-order valence-corrected chi connectivity index (χ3v) is 5.38. The molecule has 0 saturated heterocycles. The summed E-state index contributed by atoms with van der Waals surface area (Å²) in [5.74, 6) is 0.582. The highest BCUT2D eigenvalue weighted by atomic mass is 35.5. The van der Waals surface area contributed by atoms with Crippen LogP contribution in [0.5, 0.6) is 0 Å². The van der Waals surface area contributed by atoms with Crippen LogP contribution in [0.3, 0.4) is 0 Å². The molecule has 0 spiro atoms. The largest absolute Gasteiger partial charge is 0.832 e. The summed E-state index contributed by atoms with van der Waals surface area (Å²) in [4.78, 5) is 4.88. The lowest BCUT2D eigenvalue weighted by atomic mass is 9.83. The number of aliphatic imine (C=N–C) groups is 1. The third-order valence-electron chi connectivity index (χ3n) is 5.13. The van der Waals surface area contributed by atoms with Crippen molar-refractivity contribution >= 4 is 23.0 Å². The molecule has 0 bridgehead atoms. The van der Waals surface area contributed by atoms with Crippen LogP contribution in [-0.4, -0.2) is 10.3 Å². The lowest BCUT2D eigenvalue weighted by Gasteiger charge is -2.39. The number of aryl methyl sites for hydroxylation is 2. The SMILES string of the molecule is Cn1cc[n+](C)c1C([O-])(C(=Nc1ccccc1)c1ccc(Cl)cc1)c1ccccc1. The van der Waals surface area contributed by atoms with E-state index < -0.39 is 5.60 Å². The molecule has 150 valence electrons. The first-order chi connectivity index (χ1) is 14.5. The summed E-state index contributed by atoms with van der Waals surface area (Å²) in [7, 11) is 3.76. The molecular formula is C25H22ClN3O. The predicted octanol–water partition coefficient (Wildman–Crippen LogP) is 3.93. The zero-order valence-corrected chi connectivity index (χ0v) is 17.6. The molecule has 3 aromatic carbocycles. The third kappa shape index (κ3) is 3.67. The molecule has 4 rings (SSSR count). The summed E-state index contributed by atoms with van der Waals surface area (Å²) >= 11 is 6.13. The van der Waals surface area contributed by atoms with Crippen LogP contribution in [-0.2, 0) is 19.7 Å². The zero-order valence-electron chi connectivity index (χ0n) is 16.9. The van der Waals surface area contributed by atoms with E-state index in [1.54, 1.807) is 12.1 Å². The minimum absolute atomic E-state index is 0.411. The highest BCUT2D eigenvalue weighted by Crippen LogP contribution is 2.31. The number of imidazole rings is 1. The molecule has 1 atom stereocenters. The average molecular weight is 416 g/mol. The van der Waals surface area contributed by atoms with E-state index in [-0.39, 0.29) is 0 Å². The van der Waals surface area contributed by atoms with Gasteiger partial charge in [-0.3, -0.25) is 4.99 Å². The summed E-state index contributed by atoms with van der Waals surface area (Å²) < 4.78 is 3.72. The van der Waals surface area contributed by atoms with E-state index in [1.165, 1.54) is 0 Å². The van der Waals surface area contributed by atoms with Gasteiger partial charge in [0.05, 0.1) is 31.1 Å². The first kappa shape index (κ1) is 20.1. The van der Waals surface area contributed by atoms with E-state index in [0.29, 0.717) is 22.1 Å². The van der Waals surface area contributed by atoms with Gasteiger partial charge >= 0.3 is 0 Å². The lowest BCUT2D eigenvalue weighted by molar-refractivity contribution is -0.696. The van der Waals surface area contributed by atoms with Crippen molar-refractivity contribution in [2.24, 2.45) is 19.1 Å². The summed E-state index contributed by atoms with van der Waals surface area (Å²) in [5.41, 5.74) is 0.720. The molecule has 0 saturated carbocycles. The molecule has 0 aliphatic rings. The second-order valence-corrected chi connectivity index (χ2v) is 7.63. The van der Waals surface area contributed by atoms with Gasteiger partial charge in [-0.05, 0) is 35.4 Å². The fraction of sp³-hybridized carbons (Fsp3) is 0.120. The molecule has 1 aromatic heterocycles. The number of nitrogens with zero attached hydrogens (tertiary/aromatic N) is 3. The minimum atomic E-state index is -1.75. The predicted molar refractivity (Wildman–Crippen MR) is 118 cm³/mol. The Balaban J connectivity index is 2.06. The van der Waals surface area contributed by atoms with Crippen molar-refractivity contribution in [2.75, 3.05) is 0 Å². The van der Waals surface area contributed by atoms with Gasteiger partial charge in [0.25, 0.3) is 5.82 Å². The Labute approximate surface area is 181 Å². The van der Waals surface area contributed by atoms with Crippen LogP contribution in [0, 0.1) is 0 Å². The van der Waals surface area contributed by atoms with Crippen LogP contribution in [0.4, 0.5) is 5.69 Å². The fourth-order valence-electron chi connectivity index (χ4n) is 3.72. The normalized spacial score (nSPS) is 13.8. The Bertz CT molecular complexity index is 1150. The monoisotopic (exact) mass is 415 g/mol. The standard InChI is InChI=1S/C25H22ClN3O/c1-28-17-18-29(2)24(28)25(30,20-9-5-3-6-10-20)23(19-13-15-21(26)16-14-19)27-22-11-7-4-8-12-22/h3-18H,1-2H3. The topological polar surface area (TPSA) is 44.2 Å². The molecule has 0 aliphatic carbocycles. The molecule has 30 heavy (non-hydrogen) atoms. The van der Waals surface area contributed by atoms with Crippen molar-refractivity contribution in [1.82, 2.24) is 4.57 Å². The Morgan fingerprint density at radius 2 is 1.53 bits per heavy atom. The number of aromatic nitrogens is 2. The number of para-hydroxylation sites is 1. The van der Waals surface area contributed by atoms with Crippen LogP contribution in [0.1, 0.15) is 17.0 Å². The summed E-state index contributed by atoms with van der Waals surface area (Å²) in [6.07, 6.45) is 3.76. The molecular weight excluding hydrogens is 394 g/mol. The van der Waals surface area contributed by atoms with Gasteiger partial charge in [0.2, 0.25) is 0 Å². The van der Waals surface area contributed by atoms with Crippen LogP contribution >= 0.6 is 11.6 Å². The van der Waals surface area contributed by atoms with Crippen LogP contribution < -0.4 is 9.67 Å². The van der Waals surface area contributed by atoms with Crippen LogP contribution in [0.15, 0.2) is 102 Å². The van der Waals surface area contributed by atoms with Crippen molar-refractivity contribution in [3.63, 3.8) is 0 Å². The maximum Gasteiger partial charge on any atom is 0.256 e. The van der Waals surface area contributed by atoms with Gasteiger partial charge in [0, 0.05) is 5.02 Å². The van der Waals surface area contributed by atoms with Gasteiger partial charge in [-0.15, -0.1) is 0 Å². The molecule has 1 heterocycles. The molecule has 0 aliphatic heterocycles. The fourth-order valence-corrected chi connectivity index (χ4v) is 3.84. The van der Waals surface area contributed by atoms with Gasteiger partial charge in [-0.1, -0.05) is 72.3 Å². The Hall–Kier alpha value is -3.21. The molecule has 4 aromatic rings. The minimum Gasteiger partial charge on any atom is -0.832 e. The lowest BCUT2D eigenvalue weighted by Crippen LogP contribution is -2.57. The number of benzene rings is 3. The van der Waals surface area contributed by atoms with Crippen LogP contribution in [0.25, 0.3) is 0 Å². The molecule has 4 nitrogen and oxygen atoms in total. The highest BCUT2D eigenvalue weighted by Gasteiger charge is 2.38. The summed E-state index contributed by atoms with van der Waals surface area (Å²) in [5, 5.41) is 15.6. The quantitative estimate of drug-likeness (QED) is 0.360. The van der Waals surface area contributed by atoms with Gasteiger partial charge in [-0.25, -0.2) is 9.13 Å². The molecule has 0 fully saturated rings. The Morgan fingerprint density at radius 1 is 0.933 bits per heavy atom. The summed E-state index contributed by atoms with van der Waals surface area (Å²) in [6, 6.07) is 26.2. The molecule has 1 unspecified atom stereocenters. The molecule has 0 radical (unpaired) electrons. The molecule has 5 heteroatoms. The van der Waals surface area contributed by atoms with Crippen molar-refractivity contribution in [3.05, 3.63) is 119 Å². The number of hydrogen-bond donors (Lipinski definition) is 0. The van der Waals surface area contributed by atoms with Gasteiger partial charge in [0.1, 0.15) is 12.4 Å². The van der Waals surface area contributed by atoms with E-state index in [2.05, 4.69) is 0 Å². The van der Waals surface area contributed by atoms with Gasteiger partial charge < -0.3 is 5.11 Å². The van der Waals surface area contributed by atoms with E-state index in [9.17, 15) is 5.11 Å². The first-order valence-corrected chi connectivity index (χ1v) is 10.1. The highest BCUT2D eigenvalue weighted by molar-refractivity contribution is 6.30. The molecule has 0 amide bonds. The second kappa shape index (κ2) is 8.27. The van der Waals surface area contributed by atoms with Crippen molar-refractivity contribution < 1.29 is 9.67 Å². The first-order valence-electron chi connectivity index (χ1n) is 9.67.